The van der Waals surface area contributed by atoms with Gasteiger partial charge in [0.1, 0.15) is 16.7 Å². The van der Waals surface area contributed by atoms with Crippen molar-refractivity contribution >= 4 is 33.2 Å². The van der Waals surface area contributed by atoms with Crippen LogP contribution in [0, 0.1) is 11.2 Å². The van der Waals surface area contributed by atoms with Gasteiger partial charge in [-0.05, 0) is 41.8 Å². The molecule has 37 heavy (non-hydrogen) atoms. The van der Waals surface area contributed by atoms with Crippen LogP contribution < -0.4 is 5.32 Å². The first-order valence-electron chi connectivity index (χ1n) is 12.1. The van der Waals surface area contributed by atoms with Crippen LogP contribution in [-0.2, 0) is 0 Å². The lowest BCUT2D eigenvalue weighted by Gasteiger charge is -2.23. The summed E-state index contributed by atoms with van der Waals surface area (Å²) in [6.07, 6.45) is 12.4. The van der Waals surface area contributed by atoms with Crippen molar-refractivity contribution in [1.82, 2.24) is 30.1 Å². The highest BCUT2D eigenvalue weighted by atomic mass is 19.1. The zero-order valence-corrected chi connectivity index (χ0v) is 20.9. The van der Waals surface area contributed by atoms with E-state index in [1.165, 1.54) is 6.07 Å². The summed E-state index contributed by atoms with van der Waals surface area (Å²) in [4.78, 5) is 17.1. The van der Waals surface area contributed by atoms with E-state index in [4.69, 9.17) is 4.98 Å². The highest BCUT2D eigenvalue weighted by Crippen LogP contribution is 2.34. The SMILES string of the molecule is C=C(Nc1cncc(-c2cc(F)c3n[nH]c(-c4nc5c(C6=CCC=C6)nccc5[nH]4)c3c2)c1)C(C)(C)C. The van der Waals surface area contributed by atoms with Crippen LogP contribution >= 0.6 is 0 Å². The van der Waals surface area contributed by atoms with Gasteiger partial charge >= 0.3 is 0 Å². The molecule has 1 aliphatic rings. The molecule has 0 saturated carbocycles. The number of rotatable bonds is 5. The number of hydrogen-bond acceptors (Lipinski definition) is 5. The van der Waals surface area contributed by atoms with Crippen molar-refractivity contribution in [2.24, 2.45) is 5.41 Å². The Morgan fingerprint density at radius 2 is 1.97 bits per heavy atom. The maximum atomic E-state index is 15.2. The van der Waals surface area contributed by atoms with E-state index in [-0.39, 0.29) is 10.9 Å². The van der Waals surface area contributed by atoms with Crippen molar-refractivity contribution < 1.29 is 4.39 Å². The molecule has 0 unspecified atom stereocenters. The van der Waals surface area contributed by atoms with Gasteiger partial charge in [0.2, 0.25) is 0 Å². The van der Waals surface area contributed by atoms with Gasteiger partial charge in [0, 0.05) is 34.5 Å². The number of pyridine rings is 2. The summed E-state index contributed by atoms with van der Waals surface area (Å²) >= 11 is 0. The van der Waals surface area contributed by atoms with E-state index in [1.54, 1.807) is 18.6 Å². The molecule has 6 rings (SSSR count). The number of benzene rings is 1. The van der Waals surface area contributed by atoms with Gasteiger partial charge in [0.05, 0.1) is 23.1 Å². The molecule has 0 bridgehead atoms. The summed E-state index contributed by atoms with van der Waals surface area (Å²) in [6, 6.07) is 7.21. The second-order valence-corrected chi connectivity index (χ2v) is 10.2. The molecule has 0 spiro atoms. The minimum atomic E-state index is -0.424. The number of aromatic nitrogens is 6. The van der Waals surface area contributed by atoms with E-state index in [1.807, 2.05) is 18.2 Å². The van der Waals surface area contributed by atoms with Crippen molar-refractivity contribution in [2.45, 2.75) is 27.2 Å². The van der Waals surface area contributed by atoms with E-state index >= 15 is 4.39 Å². The molecule has 0 radical (unpaired) electrons. The first kappa shape index (κ1) is 22.8. The standard InChI is InChI=1S/C29H26FN7/c1-16(29(2,3)4)33-20-11-19(14-31-15-20)18-12-21-25(22(30)13-18)36-37-26(21)28-34-23-9-10-32-24(27(23)35-28)17-7-5-6-8-17/h5,7-15,33H,1,6H2,2-4H3,(H,34,35)(H,36,37). The molecule has 5 aromatic rings. The Bertz CT molecular complexity index is 1750. The average Bonchev–Trinajstić information content (AvgIpc) is 3.62. The number of allylic oxidation sites excluding steroid dienone is 5. The van der Waals surface area contributed by atoms with Gasteiger partial charge in [0.15, 0.2) is 11.6 Å². The minimum Gasteiger partial charge on any atom is -0.358 e. The molecule has 0 aliphatic heterocycles. The van der Waals surface area contributed by atoms with Gasteiger partial charge in [-0.15, -0.1) is 0 Å². The first-order valence-corrected chi connectivity index (χ1v) is 12.1. The summed E-state index contributed by atoms with van der Waals surface area (Å²) in [6.45, 7) is 10.4. The average molecular weight is 492 g/mol. The largest absolute Gasteiger partial charge is 0.358 e. The number of aromatic amines is 2. The van der Waals surface area contributed by atoms with E-state index in [0.717, 1.165) is 45.7 Å². The third-order valence-electron chi connectivity index (χ3n) is 6.57. The van der Waals surface area contributed by atoms with E-state index in [9.17, 15) is 0 Å². The van der Waals surface area contributed by atoms with Crippen molar-refractivity contribution in [1.29, 1.82) is 0 Å². The van der Waals surface area contributed by atoms with Gasteiger partial charge in [-0.2, -0.15) is 5.10 Å². The number of imidazole rings is 1. The zero-order valence-electron chi connectivity index (χ0n) is 20.9. The van der Waals surface area contributed by atoms with Crippen molar-refractivity contribution in [3.05, 3.63) is 84.9 Å². The van der Waals surface area contributed by atoms with Crippen LogP contribution in [0.2, 0.25) is 0 Å². The smallest absolute Gasteiger partial charge is 0.157 e. The highest BCUT2D eigenvalue weighted by Gasteiger charge is 2.19. The third kappa shape index (κ3) is 4.10. The molecule has 0 fully saturated rings. The molecule has 7 nitrogen and oxygen atoms in total. The van der Waals surface area contributed by atoms with Crippen LogP contribution in [0.25, 0.3) is 50.2 Å². The lowest BCUT2D eigenvalue weighted by Crippen LogP contribution is -2.15. The lowest BCUT2D eigenvalue weighted by molar-refractivity contribution is 0.509. The fourth-order valence-corrected chi connectivity index (χ4v) is 4.35. The second kappa shape index (κ2) is 8.51. The Morgan fingerprint density at radius 1 is 1.11 bits per heavy atom. The molecule has 0 amide bonds. The van der Waals surface area contributed by atoms with Gasteiger partial charge < -0.3 is 10.3 Å². The summed E-state index contributed by atoms with van der Waals surface area (Å²) < 4.78 is 15.2. The van der Waals surface area contributed by atoms with E-state index in [2.05, 4.69) is 76.0 Å². The predicted molar refractivity (Wildman–Crippen MR) is 146 cm³/mol. The Hall–Kier alpha value is -4.59. The fourth-order valence-electron chi connectivity index (χ4n) is 4.35. The quantitative estimate of drug-likeness (QED) is 0.246. The lowest BCUT2D eigenvalue weighted by atomic mass is 9.93. The van der Waals surface area contributed by atoms with Crippen LogP contribution in [-0.4, -0.2) is 30.1 Å². The van der Waals surface area contributed by atoms with Crippen LogP contribution in [0.3, 0.4) is 0 Å². The molecule has 8 heteroatoms. The Morgan fingerprint density at radius 3 is 2.76 bits per heavy atom. The predicted octanol–water partition coefficient (Wildman–Crippen LogP) is 7.02. The number of nitrogens with zero attached hydrogens (tertiary/aromatic N) is 4. The summed E-state index contributed by atoms with van der Waals surface area (Å²) in [5, 5.41) is 11.2. The van der Waals surface area contributed by atoms with E-state index < -0.39 is 5.82 Å². The summed E-state index contributed by atoms with van der Waals surface area (Å²) in [7, 11) is 0. The van der Waals surface area contributed by atoms with Gasteiger partial charge in [0.25, 0.3) is 0 Å². The molecule has 3 N–H and O–H groups in total. The highest BCUT2D eigenvalue weighted by molar-refractivity contribution is 5.98. The maximum Gasteiger partial charge on any atom is 0.157 e. The number of fused-ring (bicyclic) bond motifs is 2. The molecule has 0 saturated heterocycles. The van der Waals surface area contributed by atoms with Crippen molar-refractivity contribution in [3.8, 4) is 22.6 Å². The third-order valence-corrected chi connectivity index (χ3v) is 6.57. The fraction of sp³-hybridized carbons (Fsp3) is 0.172. The monoisotopic (exact) mass is 491 g/mol. The summed E-state index contributed by atoms with van der Waals surface area (Å²) in [5.41, 5.74) is 7.34. The zero-order chi connectivity index (χ0) is 25.7. The first-order chi connectivity index (χ1) is 17.8. The molecule has 0 atom stereocenters. The second-order valence-electron chi connectivity index (χ2n) is 10.2. The number of hydrogen-bond donors (Lipinski definition) is 3. The molecular weight excluding hydrogens is 465 g/mol. The Labute approximate surface area is 213 Å². The van der Waals surface area contributed by atoms with Gasteiger partial charge in [-0.3, -0.25) is 15.1 Å². The number of halogens is 1. The van der Waals surface area contributed by atoms with Crippen LogP contribution in [0.1, 0.15) is 32.9 Å². The maximum absolute atomic E-state index is 15.2. The van der Waals surface area contributed by atoms with Crippen molar-refractivity contribution in [3.63, 3.8) is 0 Å². The van der Waals surface area contributed by atoms with Crippen molar-refractivity contribution in [2.75, 3.05) is 5.32 Å². The number of anilines is 1. The topological polar surface area (TPSA) is 95.2 Å². The molecule has 1 aromatic carbocycles. The normalized spacial score (nSPS) is 13.5. The van der Waals surface area contributed by atoms with E-state index in [0.29, 0.717) is 22.5 Å². The molecule has 1 aliphatic carbocycles. The Balaban J connectivity index is 1.43. The molecule has 184 valence electrons. The molecule has 4 heterocycles. The van der Waals surface area contributed by atoms with Gasteiger partial charge in [-0.1, -0.05) is 45.6 Å². The molecular formula is C29H26FN7. The van der Waals surface area contributed by atoms with Crippen LogP contribution in [0.5, 0.6) is 0 Å². The number of H-pyrrole nitrogens is 2. The molecule has 4 aromatic heterocycles. The summed E-state index contributed by atoms with van der Waals surface area (Å²) in [5.74, 6) is 0.146. The Kier molecular flexibility index (Phi) is 5.26. The van der Waals surface area contributed by atoms with Crippen LogP contribution in [0.4, 0.5) is 10.1 Å². The van der Waals surface area contributed by atoms with Gasteiger partial charge in [-0.25, -0.2) is 9.37 Å². The minimum absolute atomic E-state index is 0.112. The number of nitrogens with one attached hydrogen (secondary N) is 3. The van der Waals surface area contributed by atoms with Crippen LogP contribution in [0.15, 0.2) is 73.4 Å².